The van der Waals surface area contributed by atoms with Crippen molar-refractivity contribution in [3.05, 3.63) is 130 Å². The number of hydrogen-bond donors (Lipinski definition) is 0. The number of ketones is 1. The van der Waals surface area contributed by atoms with Gasteiger partial charge in [0.15, 0.2) is 11.2 Å². The van der Waals surface area contributed by atoms with Gasteiger partial charge in [-0.1, -0.05) is 54.6 Å². The van der Waals surface area contributed by atoms with Gasteiger partial charge in [-0.25, -0.2) is 0 Å². The van der Waals surface area contributed by atoms with Crippen LogP contribution in [0.2, 0.25) is 0 Å². The van der Waals surface area contributed by atoms with Crippen molar-refractivity contribution in [2.75, 3.05) is 0 Å². The number of allylic oxidation sites excluding steroid dienone is 1. The van der Waals surface area contributed by atoms with Crippen LogP contribution in [0.15, 0.2) is 118 Å². The summed E-state index contributed by atoms with van der Waals surface area (Å²) in [6.45, 7) is 0. The summed E-state index contributed by atoms with van der Waals surface area (Å²) in [5.74, 6) is 2.36. The van der Waals surface area contributed by atoms with E-state index in [4.69, 9.17) is 13.9 Å². The zero-order valence-corrected chi connectivity index (χ0v) is 18.4. The van der Waals surface area contributed by atoms with Gasteiger partial charge in [0.25, 0.3) is 0 Å². The summed E-state index contributed by atoms with van der Waals surface area (Å²) >= 11 is 0. The van der Waals surface area contributed by atoms with E-state index in [9.17, 15) is 9.59 Å². The number of carbonyl (C=O) groups is 1. The number of para-hydroxylation sites is 1. The third kappa shape index (κ3) is 4.00. The number of benzene rings is 4. The molecule has 0 atom stereocenters. The Hall–Kier alpha value is -4.90. The second-order valence-corrected chi connectivity index (χ2v) is 8.11. The first-order chi connectivity index (χ1) is 17.1. The summed E-state index contributed by atoms with van der Waals surface area (Å²) in [6.07, 6.45) is 1.71. The molecule has 0 bridgehead atoms. The van der Waals surface area contributed by atoms with E-state index in [1.807, 2.05) is 54.6 Å². The second kappa shape index (κ2) is 8.47. The Kier molecular flexibility index (Phi) is 5.00. The Morgan fingerprint density at radius 3 is 2.26 bits per heavy atom. The molecule has 0 radical (unpaired) electrons. The van der Waals surface area contributed by atoms with Crippen LogP contribution in [0.3, 0.4) is 0 Å². The normalized spacial score (nSPS) is 13.6. The Balaban J connectivity index is 1.22. The molecule has 0 saturated carbocycles. The highest BCUT2D eigenvalue weighted by Gasteiger charge is 2.26. The van der Waals surface area contributed by atoms with Gasteiger partial charge in [0.05, 0.1) is 10.9 Å². The largest absolute Gasteiger partial charge is 0.457 e. The molecule has 5 heteroatoms. The van der Waals surface area contributed by atoms with Crippen molar-refractivity contribution < 1.29 is 18.7 Å². The fourth-order valence-electron chi connectivity index (χ4n) is 4.00. The monoisotopic (exact) mass is 458 g/mol. The fraction of sp³-hybridized carbons (Fsp3) is 0. The third-order valence-corrected chi connectivity index (χ3v) is 5.75. The number of carbonyl (C=O) groups excluding carboxylic acids is 1. The number of hydrogen-bond acceptors (Lipinski definition) is 5. The highest BCUT2D eigenvalue weighted by molar-refractivity contribution is 6.14. The molecule has 6 rings (SSSR count). The lowest BCUT2D eigenvalue weighted by Crippen LogP contribution is -2.00. The SMILES string of the molecule is O=C1/C(=C/c2ccc(Oc3ccc4oc(-c5ccccc5)cc(=O)c4c3)cc2)Oc2ccccc21. The van der Waals surface area contributed by atoms with Crippen LogP contribution in [0.25, 0.3) is 28.4 Å². The first-order valence-electron chi connectivity index (χ1n) is 11.1. The van der Waals surface area contributed by atoms with Gasteiger partial charge >= 0.3 is 0 Å². The molecule has 4 aromatic carbocycles. The van der Waals surface area contributed by atoms with E-state index in [0.29, 0.717) is 39.5 Å². The first kappa shape index (κ1) is 20.7. The zero-order valence-electron chi connectivity index (χ0n) is 18.4. The van der Waals surface area contributed by atoms with E-state index in [0.717, 1.165) is 11.1 Å². The van der Waals surface area contributed by atoms with Crippen LogP contribution in [0, 0.1) is 0 Å². The van der Waals surface area contributed by atoms with E-state index in [1.54, 1.807) is 48.5 Å². The molecule has 2 heterocycles. The fourth-order valence-corrected chi connectivity index (χ4v) is 4.00. The molecule has 1 aliphatic rings. The van der Waals surface area contributed by atoms with Crippen LogP contribution in [-0.2, 0) is 0 Å². The summed E-state index contributed by atoms with van der Waals surface area (Å²) in [5.41, 5.74) is 2.57. The molecule has 1 aliphatic heterocycles. The average Bonchev–Trinajstić information content (AvgIpc) is 3.21. The van der Waals surface area contributed by atoms with Gasteiger partial charge in [0, 0.05) is 11.6 Å². The van der Waals surface area contributed by atoms with Gasteiger partial charge in [0.2, 0.25) is 5.78 Å². The van der Waals surface area contributed by atoms with Crippen LogP contribution >= 0.6 is 0 Å². The molecule has 35 heavy (non-hydrogen) atoms. The highest BCUT2D eigenvalue weighted by atomic mass is 16.5. The minimum absolute atomic E-state index is 0.133. The Bertz CT molecular complexity index is 1660. The molecule has 1 aromatic heterocycles. The Morgan fingerprint density at radius 2 is 1.46 bits per heavy atom. The molecule has 0 N–H and O–H groups in total. The van der Waals surface area contributed by atoms with Crippen LogP contribution in [0.1, 0.15) is 15.9 Å². The van der Waals surface area contributed by atoms with Crippen molar-refractivity contribution in [2.45, 2.75) is 0 Å². The maximum atomic E-state index is 12.7. The first-order valence-corrected chi connectivity index (χ1v) is 11.1. The summed E-state index contributed by atoms with van der Waals surface area (Å²) in [5, 5.41) is 0.444. The van der Waals surface area contributed by atoms with Gasteiger partial charge in [0.1, 0.15) is 28.6 Å². The molecule has 0 aliphatic carbocycles. The third-order valence-electron chi connectivity index (χ3n) is 5.75. The van der Waals surface area contributed by atoms with Crippen LogP contribution in [0.5, 0.6) is 17.2 Å². The van der Waals surface area contributed by atoms with Crippen LogP contribution in [0.4, 0.5) is 0 Å². The van der Waals surface area contributed by atoms with Gasteiger partial charge in [-0.05, 0) is 54.1 Å². The van der Waals surface area contributed by atoms with Gasteiger partial charge in [-0.15, -0.1) is 0 Å². The van der Waals surface area contributed by atoms with E-state index in [1.165, 1.54) is 6.07 Å². The summed E-state index contributed by atoms with van der Waals surface area (Å²) < 4.78 is 17.6. The molecule has 0 spiro atoms. The molecular formula is C30H18O5. The van der Waals surface area contributed by atoms with Gasteiger partial charge in [-0.2, -0.15) is 0 Å². The van der Waals surface area contributed by atoms with Crippen LogP contribution in [-0.4, -0.2) is 5.78 Å². The molecule has 0 fully saturated rings. The van der Waals surface area contributed by atoms with Crippen molar-refractivity contribution in [1.82, 2.24) is 0 Å². The van der Waals surface area contributed by atoms with E-state index in [2.05, 4.69) is 0 Å². The van der Waals surface area contributed by atoms with Crippen molar-refractivity contribution in [3.8, 4) is 28.6 Å². The van der Waals surface area contributed by atoms with Crippen molar-refractivity contribution in [1.29, 1.82) is 0 Å². The molecule has 0 saturated heterocycles. The predicted molar refractivity (Wildman–Crippen MR) is 134 cm³/mol. The quantitative estimate of drug-likeness (QED) is 0.275. The lowest BCUT2D eigenvalue weighted by atomic mass is 10.1. The molecule has 0 amide bonds. The summed E-state index contributed by atoms with van der Waals surface area (Å²) in [7, 11) is 0. The Labute approximate surface area is 200 Å². The lowest BCUT2D eigenvalue weighted by Gasteiger charge is -2.08. The van der Waals surface area contributed by atoms with Crippen molar-refractivity contribution in [2.24, 2.45) is 0 Å². The predicted octanol–water partition coefficient (Wildman–Crippen LogP) is 6.87. The minimum atomic E-state index is -0.139. The second-order valence-electron chi connectivity index (χ2n) is 8.11. The summed E-state index contributed by atoms with van der Waals surface area (Å²) in [6, 6.07) is 30.6. The standard InChI is InChI=1S/C30H18O5/c31-25-18-28(20-6-2-1-3-7-20)34-27-15-14-22(17-24(25)27)33-21-12-10-19(11-13-21)16-29-30(32)23-8-4-5-9-26(23)35-29/h1-18H/b29-16-. The van der Waals surface area contributed by atoms with Crippen molar-refractivity contribution >= 4 is 22.8 Å². The molecular weight excluding hydrogens is 440 g/mol. The smallest absolute Gasteiger partial charge is 0.231 e. The van der Waals surface area contributed by atoms with E-state index >= 15 is 0 Å². The van der Waals surface area contributed by atoms with Crippen molar-refractivity contribution in [3.63, 3.8) is 0 Å². The summed E-state index contributed by atoms with van der Waals surface area (Å²) in [4.78, 5) is 25.2. The number of ether oxygens (including phenoxy) is 2. The topological polar surface area (TPSA) is 65.7 Å². The number of rotatable bonds is 4. The molecule has 0 unspecified atom stereocenters. The minimum Gasteiger partial charge on any atom is -0.457 e. The molecule has 5 nitrogen and oxygen atoms in total. The highest BCUT2D eigenvalue weighted by Crippen LogP contribution is 2.32. The zero-order chi connectivity index (χ0) is 23.8. The van der Waals surface area contributed by atoms with E-state index in [-0.39, 0.29) is 17.0 Å². The van der Waals surface area contributed by atoms with Gasteiger partial charge < -0.3 is 13.9 Å². The van der Waals surface area contributed by atoms with Crippen LogP contribution < -0.4 is 14.9 Å². The maximum Gasteiger partial charge on any atom is 0.231 e. The lowest BCUT2D eigenvalue weighted by molar-refractivity contribution is 0.101. The van der Waals surface area contributed by atoms with E-state index < -0.39 is 0 Å². The molecule has 5 aromatic rings. The maximum absolute atomic E-state index is 12.7. The van der Waals surface area contributed by atoms with Gasteiger partial charge in [-0.3, -0.25) is 9.59 Å². The Morgan fingerprint density at radius 1 is 0.714 bits per heavy atom. The number of Topliss-reactive ketones (excluding diaryl/α,β-unsaturated/α-hetero) is 1. The number of fused-ring (bicyclic) bond motifs is 2. The average molecular weight is 458 g/mol. The molecule has 168 valence electrons.